The molecule has 4 N–H and O–H groups in total. The quantitative estimate of drug-likeness (QED) is 0.269. The zero-order chi connectivity index (χ0) is 12.2. The predicted molar refractivity (Wildman–Crippen MR) is 44.6 cm³/mol. The molecule has 3 atom stereocenters. The largest absolute Gasteiger partial charge is 2.00 e. The van der Waals surface area contributed by atoms with Crippen LogP contribution in [0.25, 0.3) is 0 Å². The SMILES string of the molecule is O=C(OP(=O)([O-])[O-])[C@@H](O)[C@H](O)[C@H](O)CO.[Ba+2]. The summed E-state index contributed by atoms with van der Waals surface area (Å²) in [5.74, 6) is -1.93. The van der Waals surface area contributed by atoms with Crippen molar-refractivity contribution < 1.29 is 44.1 Å². The van der Waals surface area contributed by atoms with E-state index in [1.54, 1.807) is 0 Å². The van der Waals surface area contributed by atoms with Gasteiger partial charge in [0.1, 0.15) is 20.0 Å². The second kappa shape index (κ2) is 8.19. The van der Waals surface area contributed by atoms with E-state index in [0.717, 1.165) is 0 Å². The third-order valence-corrected chi connectivity index (χ3v) is 1.75. The minimum Gasteiger partial charge on any atom is -0.780 e. The fourth-order valence-electron chi connectivity index (χ4n) is 0.622. The molecule has 0 unspecified atom stereocenters. The summed E-state index contributed by atoms with van der Waals surface area (Å²) in [5.41, 5.74) is 0. The molecular weight excluding hydrogens is 372 g/mol. The van der Waals surface area contributed by atoms with Crippen molar-refractivity contribution in [2.45, 2.75) is 18.3 Å². The van der Waals surface area contributed by atoms with Crippen LogP contribution in [0.1, 0.15) is 0 Å². The Morgan fingerprint density at radius 2 is 1.75 bits per heavy atom. The van der Waals surface area contributed by atoms with Gasteiger partial charge < -0.3 is 39.3 Å². The third kappa shape index (κ3) is 7.38. The molecule has 16 heavy (non-hydrogen) atoms. The van der Waals surface area contributed by atoms with E-state index < -0.39 is 38.7 Å². The number of hydrogen-bond donors (Lipinski definition) is 4. The Hall–Kier alpha value is 1.03. The van der Waals surface area contributed by atoms with E-state index in [2.05, 4.69) is 4.52 Å². The summed E-state index contributed by atoms with van der Waals surface area (Å²) in [4.78, 5) is 30.5. The Labute approximate surface area is 130 Å². The minimum atomic E-state index is -5.62. The van der Waals surface area contributed by atoms with Gasteiger partial charge >= 0.3 is 54.9 Å². The van der Waals surface area contributed by atoms with Crippen molar-refractivity contribution in [3.05, 3.63) is 0 Å². The Morgan fingerprint density at radius 3 is 2.06 bits per heavy atom. The smallest absolute Gasteiger partial charge is 0.780 e. The van der Waals surface area contributed by atoms with Crippen molar-refractivity contribution >= 4 is 62.7 Å². The molecule has 11 heteroatoms. The number of rotatable bonds is 5. The van der Waals surface area contributed by atoms with Gasteiger partial charge in [0.05, 0.1) is 6.61 Å². The van der Waals surface area contributed by atoms with Crippen LogP contribution in [0.3, 0.4) is 0 Å². The van der Waals surface area contributed by atoms with Crippen molar-refractivity contribution in [1.29, 1.82) is 0 Å². The van der Waals surface area contributed by atoms with Crippen LogP contribution in [0.4, 0.5) is 0 Å². The van der Waals surface area contributed by atoms with Gasteiger partial charge in [-0.25, -0.2) is 4.79 Å². The average Bonchev–Trinajstić information content (AvgIpc) is 2.11. The topological polar surface area (TPSA) is 170 Å². The van der Waals surface area contributed by atoms with Crippen molar-refractivity contribution in [2.75, 3.05) is 6.61 Å². The van der Waals surface area contributed by atoms with Gasteiger partial charge in [-0.3, -0.25) is 0 Å². The van der Waals surface area contributed by atoms with Crippen LogP contribution in [-0.2, 0) is 13.9 Å². The van der Waals surface area contributed by atoms with Gasteiger partial charge in [-0.05, 0) is 0 Å². The summed E-state index contributed by atoms with van der Waals surface area (Å²) < 4.78 is 13.2. The fourth-order valence-corrected chi connectivity index (χ4v) is 0.950. The van der Waals surface area contributed by atoms with Crippen LogP contribution in [0.5, 0.6) is 0 Å². The molecule has 0 saturated heterocycles. The van der Waals surface area contributed by atoms with Crippen LogP contribution in [-0.4, -0.2) is 100 Å². The zero-order valence-electron chi connectivity index (χ0n) is 7.92. The van der Waals surface area contributed by atoms with Gasteiger partial charge in [0.2, 0.25) is 0 Å². The Morgan fingerprint density at radius 1 is 1.31 bits per heavy atom. The molecule has 0 fully saturated rings. The van der Waals surface area contributed by atoms with Gasteiger partial charge in [-0.1, -0.05) is 0 Å². The summed E-state index contributed by atoms with van der Waals surface area (Å²) >= 11 is 0. The average molecular weight is 381 g/mol. The maximum absolute atomic E-state index is 10.6. The molecule has 0 radical (unpaired) electrons. The first kappa shape index (κ1) is 19.4. The number of aliphatic hydroxyl groups excluding tert-OH is 4. The molecule has 0 heterocycles. The van der Waals surface area contributed by atoms with Crippen LogP contribution >= 0.6 is 7.82 Å². The number of carbonyl (C=O) groups is 1. The van der Waals surface area contributed by atoms with Gasteiger partial charge in [-0.15, -0.1) is 0 Å². The first-order valence-corrected chi connectivity index (χ1v) is 5.05. The number of hydrogen-bond acceptors (Lipinski definition) is 9. The Balaban J connectivity index is 0. The summed E-state index contributed by atoms with van der Waals surface area (Å²) in [7, 11) is -5.62. The maximum Gasteiger partial charge on any atom is 2.00 e. The molecule has 0 aliphatic heterocycles. The standard InChI is InChI=1S/C5H11O9P.Ba/c6-1-2(7)3(8)4(9)5(10)14-15(11,12)13;/h2-4,6-9H,1H2,(H2,11,12,13);/q;+2/p-2/t2-,3-,4+;/m1./s1. The van der Waals surface area contributed by atoms with Gasteiger partial charge in [0.25, 0.3) is 0 Å². The van der Waals surface area contributed by atoms with Crippen LogP contribution in [0, 0.1) is 0 Å². The molecule has 0 spiro atoms. The second-order valence-electron chi connectivity index (χ2n) is 2.54. The molecule has 0 saturated carbocycles. The van der Waals surface area contributed by atoms with E-state index in [0.29, 0.717) is 0 Å². The van der Waals surface area contributed by atoms with E-state index in [9.17, 15) is 19.1 Å². The summed E-state index contributed by atoms with van der Waals surface area (Å²) in [6, 6.07) is 0. The van der Waals surface area contributed by atoms with Crippen LogP contribution in [0.2, 0.25) is 0 Å². The third-order valence-electron chi connectivity index (χ3n) is 1.35. The molecule has 0 rings (SSSR count). The van der Waals surface area contributed by atoms with Gasteiger partial charge in [0.15, 0.2) is 6.10 Å². The van der Waals surface area contributed by atoms with Crippen molar-refractivity contribution in [2.24, 2.45) is 0 Å². The molecule has 0 aromatic rings. The van der Waals surface area contributed by atoms with Crippen molar-refractivity contribution in [1.82, 2.24) is 0 Å². The van der Waals surface area contributed by atoms with E-state index in [4.69, 9.17) is 20.4 Å². The summed E-state index contributed by atoms with van der Waals surface area (Å²) in [6.07, 6.45) is -6.47. The van der Waals surface area contributed by atoms with E-state index in [1.165, 1.54) is 0 Å². The summed E-state index contributed by atoms with van der Waals surface area (Å²) in [6.45, 7) is -0.974. The maximum atomic E-state index is 10.6. The first-order valence-electron chi connectivity index (χ1n) is 3.59. The van der Waals surface area contributed by atoms with Crippen LogP contribution < -0.4 is 9.79 Å². The number of carbonyl (C=O) groups excluding carboxylic acids is 1. The molecule has 0 aliphatic carbocycles. The van der Waals surface area contributed by atoms with E-state index in [1.807, 2.05) is 0 Å². The Kier molecular flexibility index (Phi) is 9.92. The minimum absolute atomic E-state index is 0. The fraction of sp³-hybridized carbons (Fsp3) is 0.800. The molecule has 0 aliphatic rings. The number of aliphatic hydroxyl groups is 4. The van der Waals surface area contributed by atoms with Gasteiger partial charge in [0, 0.05) is 0 Å². The van der Waals surface area contributed by atoms with E-state index in [-0.39, 0.29) is 48.9 Å². The normalized spacial score (nSPS) is 16.9. The van der Waals surface area contributed by atoms with Gasteiger partial charge in [-0.2, -0.15) is 0 Å². The molecule has 0 aromatic carbocycles. The molecule has 0 bridgehead atoms. The monoisotopic (exact) mass is 382 g/mol. The van der Waals surface area contributed by atoms with Crippen LogP contribution in [0.15, 0.2) is 0 Å². The van der Waals surface area contributed by atoms with E-state index >= 15 is 0 Å². The second-order valence-corrected chi connectivity index (χ2v) is 3.62. The first-order chi connectivity index (χ1) is 6.69. The molecule has 9 nitrogen and oxygen atoms in total. The molecular formula is C5H9BaO9P. The Bertz CT molecular complexity index is 265. The zero-order valence-corrected chi connectivity index (χ0v) is 13.3. The molecule has 90 valence electrons. The summed E-state index contributed by atoms with van der Waals surface area (Å²) in [5, 5.41) is 34.8. The predicted octanol–water partition coefficient (Wildman–Crippen LogP) is -4.95. The number of phosphoric acid groups is 1. The molecule has 0 amide bonds. The number of phosphoric ester groups is 1. The van der Waals surface area contributed by atoms with Crippen molar-refractivity contribution in [3.63, 3.8) is 0 Å². The van der Waals surface area contributed by atoms with Crippen molar-refractivity contribution in [3.8, 4) is 0 Å². The molecule has 0 aromatic heterocycles.